The summed E-state index contributed by atoms with van der Waals surface area (Å²) >= 11 is 2.47. The van der Waals surface area contributed by atoms with Gasteiger partial charge >= 0.3 is 0 Å². The summed E-state index contributed by atoms with van der Waals surface area (Å²) in [6, 6.07) is 0. The van der Waals surface area contributed by atoms with Gasteiger partial charge < -0.3 is 5.73 Å². The second-order valence-corrected chi connectivity index (χ2v) is 6.29. The number of carbonyl (C=O) groups is 1. The fourth-order valence-electron chi connectivity index (χ4n) is 1.87. The SMILES string of the molecule is CC(CC1CC(C(N)=O)C1)[C@@H](C)I. The lowest BCUT2D eigenvalue weighted by Crippen LogP contribution is -2.36. The van der Waals surface area contributed by atoms with Gasteiger partial charge in [-0.05, 0) is 31.1 Å². The summed E-state index contributed by atoms with van der Waals surface area (Å²) < 4.78 is 0.727. The number of carbonyl (C=O) groups excluding carboxylic acids is 1. The first-order valence-electron chi connectivity index (χ1n) is 4.94. The first-order valence-corrected chi connectivity index (χ1v) is 6.18. The molecule has 0 aromatic carbocycles. The Kier molecular flexibility index (Phi) is 4.01. The van der Waals surface area contributed by atoms with Gasteiger partial charge in [-0.15, -0.1) is 0 Å². The highest BCUT2D eigenvalue weighted by Gasteiger charge is 2.33. The van der Waals surface area contributed by atoms with Crippen LogP contribution in [0, 0.1) is 17.8 Å². The lowest BCUT2D eigenvalue weighted by molar-refractivity contribution is -0.125. The molecule has 2 nitrogen and oxygen atoms in total. The molecule has 0 heterocycles. The topological polar surface area (TPSA) is 43.1 Å². The molecule has 1 aliphatic rings. The van der Waals surface area contributed by atoms with Crippen molar-refractivity contribution in [3.8, 4) is 0 Å². The van der Waals surface area contributed by atoms with Crippen LogP contribution in [0.2, 0.25) is 0 Å². The normalized spacial score (nSPS) is 31.9. The van der Waals surface area contributed by atoms with E-state index in [-0.39, 0.29) is 11.8 Å². The van der Waals surface area contributed by atoms with Gasteiger partial charge in [0.1, 0.15) is 0 Å². The Morgan fingerprint density at radius 2 is 2.08 bits per heavy atom. The van der Waals surface area contributed by atoms with Crippen LogP contribution < -0.4 is 5.73 Å². The molecule has 3 heteroatoms. The van der Waals surface area contributed by atoms with E-state index in [1.807, 2.05) is 0 Å². The molecule has 1 aliphatic carbocycles. The molecule has 0 radical (unpaired) electrons. The predicted molar refractivity (Wildman–Crippen MR) is 62.7 cm³/mol. The summed E-state index contributed by atoms with van der Waals surface area (Å²) in [6.45, 7) is 4.53. The van der Waals surface area contributed by atoms with E-state index < -0.39 is 0 Å². The van der Waals surface area contributed by atoms with Crippen molar-refractivity contribution in [1.29, 1.82) is 0 Å². The molecule has 0 aromatic rings. The van der Waals surface area contributed by atoms with Crippen LogP contribution in [0.25, 0.3) is 0 Å². The van der Waals surface area contributed by atoms with E-state index in [2.05, 4.69) is 36.4 Å². The van der Waals surface area contributed by atoms with Crippen LogP contribution in [0.15, 0.2) is 0 Å². The molecule has 1 rings (SSSR count). The monoisotopic (exact) mass is 295 g/mol. The molecule has 0 spiro atoms. The van der Waals surface area contributed by atoms with Crippen LogP contribution in [-0.4, -0.2) is 9.83 Å². The zero-order valence-corrected chi connectivity index (χ0v) is 10.5. The van der Waals surface area contributed by atoms with Crippen LogP contribution in [0.3, 0.4) is 0 Å². The van der Waals surface area contributed by atoms with Gasteiger partial charge in [0.05, 0.1) is 0 Å². The molecule has 1 saturated carbocycles. The van der Waals surface area contributed by atoms with Crippen molar-refractivity contribution in [2.24, 2.45) is 23.5 Å². The van der Waals surface area contributed by atoms with E-state index in [4.69, 9.17) is 5.73 Å². The third kappa shape index (κ3) is 3.11. The molecule has 0 aromatic heterocycles. The van der Waals surface area contributed by atoms with Gasteiger partial charge in [-0.3, -0.25) is 4.79 Å². The Morgan fingerprint density at radius 3 is 2.46 bits per heavy atom. The van der Waals surface area contributed by atoms with Crippen LogP contribution in [0.5, 0.6) is 0 Å². The molecule has 0 aliphatic heterocycles. The summed E-state index contributed by atoms with van der Waals surface area (Å²) in [5.74, 6) is 1.59. The lowest BCUT2D eigenvalue weighted by atomic mass is 9.70. The van der Waals surface area contributed by atoms with Crippen molar-refractivity contribution < 1.29 is 4.79 Å². The van der Waals surface area contributed by atoms with Gasteiger partial charge in [0.25, 0.3) is 0 Å². The highest BCUT2D eigenvalue weighted by molar-refractivity contribution is 14.1. The summed E-state index contributed by atoms with van der Waals surface area (Å²) in [4.78, 5) is 10.8. The molecule has 2 atom stereocenters. The second-order valence-electron chi connectivity index (χ2n) is 4.33. The highest BCUT2D eigenvalue weighted by Crippen LogP contribution is 2.38. The van der Waals surface area contributed by atoms with Crippen LogP contribution in [-0.2, 0) is 4.79 Å². The standard InChI is InChI=1S/C10H18INO/c1-6(7(2)11)3-8-4-9(5-8)10(12)13/h6-9H,3-5H2,1-2H3,(H2,12,13)/t6?,7-,8?,9?/m1/s1. The quantitative estimate of drug-likeness (QED) is 0.628. The fraction of sp³-hybridized carbons (Fsp3) is 0.900. The number of halogens is 1. The molecule has 76 valence electrons. The van der Waals surface area contributed by atoms with Crippen molar-refractivity contribution in [2.75, 3.05) is 0 Å². The molecule has 0 bridgehead atoms. The average molecular weight is 295 g/mol. The maximum atomic E-state index is 10.8. The third-order valence-corrected chi connectivity index (χ3v) is 4.35. The van der Waals surface area contributed by atoms with Gasteiger partial charge in [-0.2, -0.15) is 0 Å². The van der Waals surface area contributed by atoms with Gasteiger partial charge in [0, 0.05) is 9.84 Å². The van der Waals surface area contributed by atoms with Crippen LogP contribution >= 0.6 is 22.6 Å². The third-order valence-electron chi connectivity index (χ3n) is 3.13. The summed E-state index contributed by atoms with van der Waals surface area (Å²) in [5.41, 5.74) is 5.21. The zero-order chi connectivity index (χ0) is 10.0. The predicted octanol–water partition coefficient (Wildman–Crippen LogP) is 2.35. The Balaban J connectivity index is 2.18. The Bertz CT molecular complexity index is 187. The second kappa shape index (κ2) is 4.62. The van der Waals surface area contributed by atoms with E-state index in [0.717, 1.165) is 28.6 Å². The number of primary amides is 1. The molecule has 1 fully saturated rings. The van der Waals surface area contributed by atoms with Crippen molar-refractivity contribution in [3.63, 3.8) is 0 Å². The van der Waals surface area contributed by atoms with Gasteiger partial charge in [-0.1, -0.05) is 36.4 Å². The van der Waals surface area contributed by atoms with Gasteiger partial charge in [0.15, 0.2) is 0 Å². The van der Waals surface area contributed by atoms with Gasteiger partial charge in [-0.25, -0.2) is 0 Å². The Morgan fingerprint density at radius 1 is 1.54 bits per heavy atom. The largest absolute Gasteiger partial charge is 0.369 e. The summed E-state index contributed by atoms with van der Waals surface area (Å²) in [7, 11) is 0. The van der Waals surface area contributed by atoms with Crippen molar-refractivity contribution >= 4 is 28.5 Å². The van der Waals surface area contributed by atoms with Gasteiger partial charge in [0.2, 0.25) is 5.91 Å². The molecule has 2 N–H and O–H groups in total. The van der Waals surface area contributed by atoms with E-state index in [1.54, 1.807) is 0 Å². The van der Waals surface area contributed by atoms with E-state index in [9.17, 15) is 4.79 Å². The minimum Gasteiger partial charge on any atom is -0.369 e. The van der Waals surface area contributed by atoms with Crippen molar-refractivity contribution in [1.82, 2.24) is 0 Å². The average Bonchev–Trinajstić information content (AvgIpc) is 1.94. The molecule has 0 saturated heterocycles. The molecule has 13 heavy (non-hydrogen) atoms. The molecular weight excluding hydrogens is 277 g/mol. The molecular formula is C10H18INO. The van der Waals surface area contributed by atoms with Crippen LogP contribution in [0.4, 0.5) is 0 Å². The first kappa shape index (κ1) is 11.3. The zero-order valence-electron chi connectivity index (χ0n) is 8.29. The lowest BCUT2D eigenvalue weighted by Gasteiger charge is -2.35. The number of hydrogen-bond donors (Lipinski definition) is 1. The first-order chi connectivity index (χ1) is 6.00. The highest BCUT2D eigenvalue weighted by atomic mass is 127. The van der Waals surface area contributed by atoms with E-state index >= 15 is 0 Å². The smallest absolute Gasteiger partial charge is 0.220 e. The minimum atomic E-state index is -0.105. The number of rotatable bonds is 4. The van der Waals surface area contributed by atoms with Crippen LogP contribution in [0.1, 0.15) is 33.1 Å². The number of nitrogens with two attached hydrogens (primary N) is 1. The summed E-state index contributed by atoms with van der Waals surface area (Å²) in [6.07, 6.45) is 3.32. The minimum absolute atomic E-state index is 0.105. The number of alkyl halides is 1. The fourth-order valence-corrected chi connectivity index (χ4v) is 2.17. The summed E-state index contributed by atoms with van der Waals surface area (Å²) in [5, 5.41) is 0. The molecule has 1 unspecified atom stereocenters. The van der Waals surface area contributed by atoms with E-state index in [0.29, 0.717) is 0 Å². The van der Waals surface area contributed by atoms with Crippen molar-refractivity contribution in [3.05, 3.63) is 0 Å². The van der Waals surface area contributed by atoms with Crippen molar-refractivity contribution in [2.45, 2.75) is 37.0 Å². The number of amides is 1. The Labute approximate surface area is 93.8 Å². The Hall–Kier alpha value is 0.200. The maximum Gasteiger partial charge on any atom is 0.220 e. The maximum absolute atomic E-state index is 10.8. The van der Waals surface area contributed by atoms with E-state index in [1.165, 1.54) is 6.42 Å². The molecule has 1 amide bonds. The number of hydrogen-bond acceptors (Lipinski definition) is 1.